The van der Waals surface area contributed by atoms with Crippen molar-refractivity contribution in [2.75, 3.05) is 44.7 Å². The van der Waals surface area contributed by atoms with Gasteiger partial charge in [0.25, 0.3) is 0 Å². The minimum Gasteiger partial charge on any atom is -0.487 e. The van der Waals surface area contributed by atoms with Crippen LogP contribution in [0, 0.1) is 11.3 Å². The number of rotatable bonds is 7. The van der Waals surface area contributed by atoms with Gasteiger partial charge in [-0.1, -0.05) is 11.6 Å². The van der Waals surface area contributed by atoms with E-state index < -0.39 is 11.7 Å². The first-order chi connectivity index (χ1) is 19.0. The lowest BCUT2D eigenvalue weighted by Gasteiger charge is -2.41. The fraction of sp³-hybridized carbons (Fsp3) is 0.643. The van der Waals surface area contributed by atoms with Crippen molar-refractivity contribution >= 4 is 50.3 Å². The second-order valence-corrected chi connectivity index (χ2v) is 13.0. The highest BCUT2D eigenvalue weighted by Gasteiger charge is 2.35. The molecule has 3 heterocycles. The Balaban J connectivity index is 1.51. The summed E-state index contributed by atoms with van der Waals surface area (Å²) in [4.78, 5) is 28.7. The zero-order chi connectivity index (χ0) is 28.6. The van der Waals surface area contributed by atoms with Crippen LogP contribution in [0.5, 0.6) is 11.8 Å². The lowest BCUT2D eigenvalue weighted by molar-refractivity contribution is 0.0145. The van der Waals surface area contributed by atoms with Crippen LogP contribution in [0.25, 0.3) is 10.9 Å². The molecule has 216 valence electrons. The maximum absolute atomic E-state index is 13.0. The molecule has 1 aromatic heterocycles. The fourth-order valence-electron chi connectivity index (χ4n) is 5.16. The lowest BCUT2D eigenvalue weighted by atomic mass is 10.1. The molecule has 2 aliphatic heterocycles. The molecule has 1 amide bonds. The van der Waals surface area contributed by atoms with Crippen molar-refractivity contribution in [3.63, 3.8) is 0 Å². The zero-order valence-corrected chi connectivity index (χ0v) is 25.8. The number of amides is 1. The summed E-state index contributed by atoms with van der Waals surface area (Å²) in [6.07, 6.45) is 4.05. The van der Waals surface area contributed by atoms with Gasteiger partial charge in [-0.3, -0.25) is 0 Å². The molecule has 40 heavy (non-hydrogen) atoms. The number of likely N-dealkylation sites (N-methyl/N-ethyl adjacent to an activating group) is 1. The molecule has 1 saturated carbocycles. The highest BCUT2D eigenvalue weighted by molar-refractivity contribution is 9.10. The Hall–Kier alpha value is -2.55. The molecule has 3 aliphatic rings. The molecule has 2 aromatic rings. The molecule has 5 rings (SSSR count). The second-order valence-electron chi connectivity index (χ2n) is 11.8. The van der Waals surface area contributed by atoms with Crippen molar-refractivity contribution < 1.29 is 19.0 Å². The molecule has 0 spiro atoms. The summed E-state index contributed by atoms with van der Waals surface area (Å²) in [7, 11) is 2.11. The third-order valence-electron chi connectivity index (χ3n) is 7.42. The number of carbonyl (C=O) groups is 1. The van der Waals surface area contributed by atoms with Crippen LogP contribution in [-0.4, -0.2) is 89.5 Å². The van der Waals surface area contributed by atoms with Crippen molar-refractivity contribution in [2.45, 2.75) is 76.7 Å². The summed E-state index contributed by atoms with van der Waals surface area (Å²) < 4.78 is 18.8. The van der Waals surface area contributed by atoms with Crippen LogP contribution >= 0.6 is 27.5 Å². The number of hydrogen-bond acceptors (Lipinski definition) is 9. The summed E-state index contributed by atoms with van der Waals surface area (Å²) in [6.45, 7) is 8.31. The van der Waals surface area contributed by atoms with E-state index >= 15 is 0 Å². The van der Waals surface area contributed by atoms with Crippen LogP contribution in [-0.2, 0) is 4.74 Å². The summed E-state index contributed by atoms with van der Waals surface area (Å²) in [6, 6.07) is 4.27. The van der Waals surface area contributed by atoms with Gasteiger partial charge in [-0.2, -0.15) is 15.2 Å². The minimum absolute atomic E-state index is 0.130. The van der Waals surface area contributed by atoms with Crippen LogP contribution in [0.4, 0.5) is 10.6 Å². The first-order valence-corrected chi connectivity index (χ1v) is 15.0. The van der Waals surface area contributed by atoms with Crippen molar-refractivity contribution in [1.82, 2.24) is 19.8 Å². The van der Waals surface area contributed by atoms with E-state index in [-0.39, 0.29) is 24.6 Å². The molecule has 2 atom stereocenters. The Kier molecular flexibility index (Phi) is 8.50. The van der Waals surface area contributed by atoms with Gasteiger partial charge in [0.1, 0.15) is 23.5 Å². The van der Waals surface area contributed by atoms with Crippen LogP contribution in [0.3, 0.4) is 0 Å². The van der Waals surface area contributed by atoms with E-state index in [2.05, 4.69) is 38.8 Å². The maximum atomic E-state index is 13.0. The van der Waals surface area contributed by atoms with E-state index in [9.17, 15) is 10.1 Å². The Morgan fingerprint density at radius 3 is 2.62 bits per heavy atom. The van der Waals surface area contributed by atoms with Crippen molar-refractivity contribution in [3.8, 4) is 17.8 Å². The van der Waals surface area contributed by atoms with Gasteiger partial charge >= 0.3 is 12.1 Å². The fourth-order valence-corrected chi connectivity index (χ4v) is 5.75. The molecule has 0 radical (unpaired) electrons. The van der Waals surface area contributed by atoms with E-state index in [1.807, 2.05) is 26.8 Å². The van der Waals surface area contributed by atoms with Crippen LogP contribution < -0.4 is 14.4 Å². The number of aromatic nitrogens is 2. The minimum atomic E-state index is -0.629. The average molecular weight is 636 g/mol. The number of piperazine rings is 1. The topological polar surface area (TPSA) is 104 Å². The number of halogens is 2. The number of ether oxygens (including phenoxy) is 3. The predicted octanol–water partition coefficient (Wildman–Crippen LogP) is 5.40. The second kappa shape index (κ2) is 11.7. The summed E-state index contributed by atoms with van der Waals surface area (Å²) in [5, 5.41) is 10.8. The molecule has 12 heteroatoms. The number of likely N-dealkylation sites (tertiary alicyclic amines) is 1. The van der Waals surface area contributed by atoms with E-state index in [0.717, 1.165) is 37.6 Å². The van der Waals surface area contributed by atoms with E-state index in [4.69, 9.17) is 35.8 Å². The van der Waals surface area contributed by atoms with Crippen LogP contribution in [0.1, 0.15) is 52.9 Å². The molecule has 0 bridgehead atoms. The zero-order valence-electron chi connectivity index (χ0n) is 23.5. The standard InChI is InChI=1S/C28H36BrClN6O4/c1-28(2,3)40-27(37)36-13-12-35(15-17(36)9-10-31)25-20-14-21(30)22(29)24(39-19-7-8-19)23(20)32-26(33-25)38-16-18-6-5-11-34(18)4/h14,17-19H,5-9,11-13,15-16H2,1-4H3. The molecular weight excluding hydrogens is 600 g/mol. The quantitative estimate of drug-likeness (QED) is 0.396. The molecule has 3 fully saturated rings. The van der Waals surface area contributed by atoms with Crippen molar-refractivity contribution in [1.29, 1.82) is 5.26 Å². The van der Waals surface area contributed by atoms with Gasteiger partial charge in [0.2, 0.25) is 0 Å². The Bertz CT molecular complexity index is 1310. The van der Waals surface area contributed by atoms with Crippen LogP contribution in [0.15, 0.2) is 10.5 Å². The van der Waals surface area contributed by atoms with Gasteiger partial charge in [0.05, 0.1) is 34.1 Å². The highest BCUT2D eigenvalue weighted by atomic mass is 79.9. The normalized spacial score (nSPS) is 21.9. The third-order valence-corrected chi connectivity index (χ3v) is 8.74. The van der Waals surface area contributed by atoms with Crippen molar-refractivity contribution in [2.24, 2.45) is 0 Å². The Labute approximate surface area is 248 Å². The van der Waals surface area contributed by atoms with E-state index in [0.29, 0.717) is 58.9 Å². The van der Waals surface area contributed by atoms with Gasteiger partial charge in [-0.15, -0.1) is 0 Å². The van der Waals surface area contributed by atoms with E-state index in [1.165, 1.54) is 0 Å². The number of nitrogens with zero attached hydrogens (tertiary/aromatic N) is 6. The molecule has 2 saturated heterocycles. The summed E-state index contributed by atoms with van der Waals surface area (Å²) in [5.41, 5.74) is -0.00921. The smallest absolute Gasteiger partial charge is 0.410 e. The largest absolute Gasteiger partial charge is 0.487 e. The molecular formula is C28H36BrClN6O4. The average Bonchev–Trinajstić information content (AvgIpc) is 3.63. The molecule has 2 unspecified atom stereocenters. The van der Waals surface area contributed by atoms with Gasteiger partial charge in [0.15, 0.2) is 5.75 Å². The first-order valence-electron chi connectivity index (χ1n) is 13.8. The molecule has 0 N–H and O–H groups in total. The maximum Gasteiger partial charge on any atom is 0.410 e. The van der Waals surface area contributed by atoms with Crippen LogP contribution in [0.2, 0.25) is 5.02 Å². The Morgan fingerprint density at radius 1 is 1.20 bits per heavy atom. The van der Waals surface area contributed by atoms with Gasteiger partial charge in [-0.25, -0.2) is 4.79 Å². The predicted molar refractivity (Wildman–Crippen MR) is 156 cm³/mol. The summed E-state index contributed by atoms with van der Waals surface area (Å²) in [5.74, 6) is 1.22. The first kappa shape index (κ1) is 29.0. The monoisotopic (exact) mass is 634 g/mol. The lowest BCUT2D eigenvalue weighted by Crippen LogP contribution is -2.56. The molecule has 1 aliphatic carbocycles. The highest BCUT2D eigenvalue weighted by Crippen LogP contribution is 2.44. The number of benzene rings is 1. The molecule has 1 aromatic carbocycles. The van der Waals surface area contributed by atoms with Crippen molar-refractivity contribution in [3.05, 3.63) is 15.6 Å². The summed E-state index contributed by atoms with van der Waals surface area (Å²) >= 11 is 10.3. The third kappa shape index (κ3) is 6.50. The Morgan fingerprint density at radius 2 is 1.98 bits per heavy atom. The SMILES string of the molecule is CN1CCCC1COc1nc(N2CCN(C(=O)OC(C)(C)C)C(CC#N)C2)c2cc(Cl)c(Br)c(OC3CC3)c2n1. The molecule has 10 nitrogen and oxygen atoms in total. The van der Waals surface area contributed by atoms with Gasteiger partial charge in [0, 0.05) is 31.1 Å². The number of nitriles is 1. The number of carbonyl (C=O) groups excluding carboxylic acids is 1. The number of hydrogen-bond donors (Lipinski definition) is 0. The van der Waals surface area contributed by atoms with Gasteiger partial charge < -0.3 is 28.9 Å². The number of anilines is 1. The van der Waals surface area contributed by atoms with Gasteiger partial charge in [-0.05, 0) is 82.0 Å². The number of fused-ring (bicyclic) bond motifs is 1. The van der Waals surface area contributed by atoms with E-state index in [1.54, 1.807) is 4.90 Å².